The predicted octanol–water partition coefficient (Wildman–Crippen LogP) is 4.62. The molecule has 2 aliphatic heterocycles. The highest BCUT2D eigenvalue weighted by Gasteiger charge is 2.20. The number of carbonyl (C=O) groups is 3. The van der Waals surface area contributed by atoms with E-state index in [1.54, 1.807) is 30.3 Å². The number of ether oxygens (including phenoxy) is 2. The van der Waals surface area contributed by atoms with E-state index < -0.39 is 6.29 Å². The monoisotopic (exact) mass is 571 g/mol. The summed E-state index contributed by atoms with van der Waals surface area (Å²) in [4.78, 5) is 44.9. The molecule has 3 amide bonds. The number of fused-ring (bicyclic) bond motifs is 1. The summed E-state index contributed by atoms with van der Waals surface area (Å²) in [5.74, 6) is 0.254. The van der Waals surface area contributed by atoms with Crippen LogP contribution in [0.3, 0.4) is 0 Å². The molecule has 0 aliphatic carbocycles. The lowest BCUT2D eigenvalue weighted by Crippen LogP contribution is -2.33. The Labute approximate surface area is 245 Å². The molecule has 1 atom stereocenters. The van der Waals surface area contributed by atoms with Crippen molar-refractivity contribution in [2.24, 2.45) is 0 Å². The molecule has 5 rings (SSSR count). The molecular weight excluding hydrogens is 534 g/mol. The van der Waals surface area contributed by atoms with Crippen molar-refractivity contribution in [2.45, 2.75) is 44.8 Å². The van der Waals surface area contributed by atoms with E-state index in [4.69, 9.17) is 14.3 Å². The highest BCUT2D eigenvalue weighted by molar-refractivity contribution is 5.99. The van der Waals surface area contributed by atoms with Gasteiger partial charge in [0.25, 0.3) is 11.8 Å². The van der Waals surface area contributed by atoms with E-state index in [1.807, 2.05) is 47.4 Å². The predicted molar refractivity (Wildman–Crippen MR) is 159 cm³/mol. The van der Waals surface area contributed by atoms with E-state index >= 15 is 0 Å². The molecule has 9 heteroatoms. The normalized spacial score (nSPS) is 17.3. The van der Waals surface area contributed by atoms with E-state index in [0.717, 1.165) is 48.6 Å². The van der Waals surface area contributed by atoms with E-state index in [1.165, 1.54) is 0 Å². The molecule has 42 heavy (non-hydrogen) atoms. The molecular formula is C33H37N3O6. The van der Waals surface area contributed by atoms with Gasteiger partial charge >= 0.3 is 0 Å². The highest BCUT2D eigenvalue weighted by Crippen LogP contribution is 2.26. The van der Waals surface area contributed by atoms with Gasteiger partial charge in [-0.25, -0.2) is 10.3 Å². The van der Waals surface area contributed by atoms with Gasteiger partial charge in [0, 0.05) is 50.0 Å². The second-order valence-electron chi connectivity index (χ2n) is 10.5. The van der Waals surface area contributed by atoms with Gasteiger partial charge in [-0.3, -0.25) is 14.4 Å². The van der Waals surface area contributed by atoms with Crippen LogP contribution in [-0.4, -0.2) is 61.8 Å². The zero-order valence-corrected chi connectivity index (χ0v) is 23.7. The van der Waals surface area contributed by atoms with Crippen molar-refractivity contribution in [2.75, 3.05) is 32.8 Å². The number of hydroxylamine groups is 1. The Kier molecular flexibility index (Phi) is 10.2. The topological polar surface area (TPSA) is 106 Å². The molecule has 0 radical (unpaired) electrons. The molecule has 3 aromatic rings. The maximum atomic E-state index is 13.3. The molecule has 220 valence electrons. The average molecular weight is 572 g/mol. The minimum atomic E-state index is -0.427. The molecule has 0 aromatic heterocycles. The van der Waals surface area contributed by atoms with Gasteiger partial charge in [0.15, 0.2) is 6.29 Å². The molecule has 9 nitrogen and oxygen atoms in total. The SMILES string of the molecule is O=C(NCCCN1CCCC1=O)/C(=C/c1ccc(C(=O)NOC2CCCCO2)cc1)COc1cccc2ccccc12. The molecule has 0 bridgehead atoms. The van der Waals surface area contributed by atoms with Crippen LogP contribution in [0.25, 0.3) is 16.8 Å². The lowest BCUT2D eigenvalue weighted by molar-refractivity contribution is -0.186. The summed E-state index contributed by atoms with van der Waals surface area (Å²) in [5.41, 5.74) is 4.08. The van der Waals surface area contributed by atoms with Gasteiger partial charge < -0.3 is 19.7 Å². The van der Waals surface area contributed by atoms with Crippen molar-refractivity contribution in [3.63, 3.8) is 0 Å². The van der Waals surface area contributed by atoms with Gasteiger partial charge in [-0.15, -0.1) is 0 Å². The second kappa shape index (κ2) is 14.6. The Morgan fingerprint density at radius 3 is 2.62 bits per heavy atom. The average Bonchev–Trinajstić information content (AvgIpc) is 3.45. The molecule has 2 heterocycles. The first-order chi connectivity index (χ1) is 20.6. The maximum absolute atomic E-state index is 13.3. The number of nitrogens with one attached hydrogen (secondary N) is 2. The van der Waals surface area contributed by atoms with E-state index in [9.17, 15) is 14.4 Å². The van der Waals surface area contributed by atoms with Crippen LogP contribution in [-0.2, 0) is 19.2 Å². The van der Waals surface area contributed by atoms with Gasteiger partial charge in [-0.05, 0) is 60.9 Å². The van der Waals surface area contributed by atoms with Crippen molar-refractivity contribution in [3.8, 4) is 5.75 Å². The Balaban J connectivity index is 1.24. The third kappa shape index (κ3) is 7.96. The summed E-state index contributed by atoms with van der Waals surface area (Å²) >= 11 is 0. The summed E-state index contributed by atoms with van der Waals surface area (Å²) in [7, 11) is 0. The van der Waals surface area contributed by atoms with Gasteiger partial charge in [0.2, 0.25) is 5.91 Å². The van der Waals surface area contributed by atoms with E-state index in [-0.39, 0.29) is 24.3 Å². The number of likely N-dealkylation sites (tertiary alicyclic amines) is 1. The van der Waals surface area contributed by atoms with Gasteiger partial charge in [-0.2, -0.15) is 0 Å². The molecule has 0 saturated carbocycles. The fourth-order valence-corrected chi connectivity index (χ4v) is 5.09. The molecule has 3 aromatic carbocycles. The summed E-state index contributed by atoms with van der Waals surface area (Å²) in [6.07, 6.45) is 6.25. The number of rotatable bonds is 12. The third-order valence-electron chi connectivity index (χ3n) is 7.42. The smallest absolute Gasteiger partial charge is 0.274 e. The van der Waals surface area contributed by atoms with Crippen molar-refractivity contribution in [1.82, 2.24) is 15.7 Å². The lowest BCUT2D eigenvalue weighted by atomic mass is 10.1. The quantitative estimate of drug-likeness (QED) is 0.187. The van der Waals surface area contributed by atoms with Crippen LogP contribution < -0.4 is 15.5 Å². The van der Waals surface area contributed by atoms with Gasteiger partial charge in [-0.1, -0.05) is 48.5 Å². The van der Waals surface area contributed by atoms with Crippen LogP contribution >= 0.6 is 0 Å². The maximum Gasteiger partial charge on any atom is 0.274 e. The van der Waals surface area contributed by atoms with E-state index in [0.29, 0.717) is 49.4 Å². The Morgan fingerprint density at radius 2 is 1.83 bits per heavy atom. The van der Waals surface area contributed by atoms with Crippen LogP contribution in [0.5, 0.6) is 5.75 Å². The molecule has 2 fully saturated rings. The first-order valence-electron chi connectivity index (χ1n) is 14.6. The summed E-state index contributed by atoms with van der Waals surface area (Å²) < 4.78 is 11.6. The summed E-state index contributed by atoms with van der Waals surface area (Å²) in [6, 6.07) is 20.7. The first-order valence-corrected chi connectivity index (χ1v) is 14.6. The number of benzene rings is 3. The second-order valence-corrected chi connectivity index (χ2v) is 10.5. The van der Waals surface area contributed by atoms with Crippen LogP contribution in [0.2, 0.25) is 0 Å². The third-order valence-corrected chi connectivity index (χ3v) is 7.42. The fourth-order valence-electron chi connectivity index (χ4n) is 5.09. The van der Waals surface area contributed by atoms with E-state index in [2.05, 4.69) is 10.8 Å². The zero-order valence-electron chi connectivity index (χ0n) is 23.7. The van der Waals surface area contributed by atoms with Gasteiger partial charge in [0.05, 0.1) is 5.57 Å². The molecule has 1 unspecified atom stereocenters. The lowest BCUT2D eigenvalue weighted by Gasteiger charge is -2.22. The summed E-state index contributed by atoms with van der Waals surface area (Å²) in [6.45, 7) is 2.54. The molecule has 2 N–H and O–H groups in total. The molecule has 0 spiro atoms. The van der Waals surface area contributed by atoms with Crippen LogP contribution in [0.4, 0.5) is 0 Å². The standard InChI is InChI=1S/C33H37N3O6/c37-30-12-6-19-36(30)20-7-18-34-32(38)27(23-41-29-11-5-9-25-8-1-2-10-28(25)29)22-24-14-16-26(17-15-24)33(39)35-42-31-13-3-4-21-40-31/h1-2,5,8-11,14-17,22,31H,3-4,6-7,12-13,18-21,23H2,(H,34,38)(H,35,39)/b27-22+. The molecule has 2 saturated heterocycles. The van der Waals surface area contributed by atoms with Gasteiger partial charge in [0.1, 0.15) is 12.4 Å². The summed E-state index contributed by atoms with van der Waals surface area (Å²) in [5, 5.41) is 4.99. The van der Waals surface area contributed by atoms with Crippen molar-refractivity contribution in [3.05, 3.63) is 83.4 Å². The Morgan fingerprint density at radius 1 is 1.00 bits per heavy atom. The van der Waals surface area contributed by atoms with Crippen LogP contribution in [0, 0.1) is 0 Å². The number of hydrogen-bond acceptors (Lipinski definition) is 6. The highest BCUT2D eigenvalue weighted by atomic mass is 16.8. The number of hydrogen-bond donors (Lipinski definition) is 2. The first kappa shape index (κ1) is 29.3. The Hall–Kier alpha value is -4.21. The van der Waals surface area contributed by atoms with Crippen molar-refractivity contribution < 1.29 is 28.7 Å². The van der Waals surface area contributed by atoms with Crippen molar-refractivity contribution >= 4 is 34.6 Å². The van der Waals surface area contributed by atoms with Crippen LogP contribution in [0.1, 0.15) is 54.4 Å². The fraction of sp³-hybridized carbons (Fsp3) is 0.364. The number of amides is 3. The van der Waals surface area contributed by atoms with Crippen molar-refractivity contribution in [1.29, 1.82) is 0 Å². The molecule has 2 aliphatic rings. The minimum Gasteiger partial charge on any atom is -0.488 e. The zero-order chi connectivity index (χ0) is 29.1. The van der Waals surface area contributed by atoms with Crippen LogP contribution in [0.15, 0.2) is 72.3 Å². The Bertz CT molecular complexity index is 1410. The number of nitrogens with zero attached hydrogens (tertiary/aromatic N) is 1. The minimum absolute atomic E-state index is 0.0575. The number of carbonyl (C=O) groups excluding carboxylic acids is 3. The largest absolute Gasteiger partial charge is 0.488 e.